The number of aromatic nitrogens is 1. The summed E-state index contributed by atoms with van der Waals surface area (Å²) in [6.07, 6.45) is 3.70. The molecule has 0 N–H and O–H groups in total. The van der Waals surface area contributed by atoms with E-state index in [0.29, 0.717) is 0 Å². The Morgan fingerprint density at radius 2 is 2.14 bits per heavy atom. The molecular formula is C12H11ClN. The van der Waals surface area contributed by atoms with Crippen molar-refractivity contribution >= 4 is 22.5 Å². The second-order valence-corrected chi connectivity index (χ2v) is 3.67. The zero-order valence-corrected chi connectivity index (χ0v) is 8.59. The average Bonchev–Trinajstić information content (AvgIpc) is 2.19. The van der Waals surface area contributed by atoms with Crippen molar-refractivity contribution in [3.8, 4) is 0 Å². The van der Waals surface area contributed by atoms with E-state index in [4.69, 9.17) is 11.6 Å². The second kappa shape index (κ2) is 3.97. The van der Waals surface area contributed by atoms with Crippen molar-refractivity contribution in [1.29, 1.82) is 0 Å². The number of hydrogen-bond donors (Lipinski definition) is 0. The van der Waals surface area contributed by atoms with Crippen LogP contribution < -0.4 is 0 Å². The summed E-state index contributed by atoms with van der Waals surface area (Å²) in [5, 5.41) is 1.90. The van der Waals surface area contributed by atoms with E-state index in [1.165, 1.54) is 5.56 Å². The molecule has 14 heavy (non-hydrogen) atoms. The minimum absolute atomic E-state index is 0.760. The van der Waals surface area contributed by atoms with E-state index in [2.05, 4.69) is 11.9 Å². The zero-order chi connectivity index (χ0) is 9.97. The Hall–Kier alpha value is -1.08. The van der Waals surface area contributed by atoms with Gasteiger partial charge in [-0.1, -0.05) is 18.5 Å². The predicted octanol–water partition coefficient (Wildman–Crippen LogP) is 3.65. The zero-order valence-electron chi connectivity index (χ0n) is 7.83. The number of rotatable bonds is 2. The summed E-state index contributed by atoms with van der Waals surface area (Å²) in [5.41, 5.74) is 2.27. The van der Waals surface area contributed by atoms with Gasteiger partial charge in [0.2, 0.25) is 0 Å². The molecule has 0 amide bonds. The van der Waals surface area contributed by atoms with Gasteiger partial charge in [-0.05, 0) is 42.7 Å². The van der Waals surface area contributed by atoms with Crippen molar-refractivity contribution in [2.75, 3.05) is 0 Å². The number of fused-ring (bicyclic) bond motifs is 1. The first-order chi connectivity index (χ1) is 6.81. The Balaban J connectivity index is 2.64. The van der Waals surface area contributed by atoms with Gasteiger partial charge >= 0.3 is 0 Å². The Morgan fingerprint density at radius 1 is 1.29 bits per heavy atom. The van der Waals surface area contributed by atoms with Crippen LogP contribution in [0.3, 0.4) is 0 Å². The van der Waals surface area contributed by atoms with Gasteiger partial charge in [0.25, 0.3) is 0 Å². The first-order valence-electron chi connectivity index (χ1n) is 4.63. The third-order valence-electron chi connectivity index (χ3n) is 2.24. The molecule has 71 valence electrons. The van der Waals surface area contributed by atoms with E-state index >= 15 is 0 Å². The minimum atomic E-state index is 0.760. The van der Waals surface area contributed by atoms with Crippen LogP contribution in [0.5, 0.6) is 0 Å². The standard InChI is InChI=1S/C12H11ClN/c1-2-3-9-6-7-14-12-5-4-10(13)8-11(9)12/h4-8H,1-3H2. The Labute approximate surface area is 88.7 Å². The number of nitrogens with zero attached hydrogens (tertiary/aromatic N) is 1. The maximum absolute atomic E-state index is 5.95. The van der Waals surface area contributed by atoms with Crippen molar-refractivity contribution in [2.45, 2.75) is 12.8 Å². The lowest BCUT2D eigenvalue weighted by Crippen LogP contribution is -1.88. The van der Waals surface area contributed by atoms with Gasteiger partial charge in [-0.3, -0.25) is 4.98 Å². The van der Waals surface area contributed by atoms with Crippen LogP contribution in [0, 0.1) is 6.92 Å². The summed E-state index contributed by atoms with van der Waals surface area (Å²) in [7, 11) is 0. The number of halogens is 1. The van der Waals surface area contributed by atoms with Crippen LogP contribution in [-0.4, -0.2) is 4.98 Å². The highest BCUT2D eigenvalue weighted by atomic mass is 35.5. The fourth-order valence-corrected chi connectivity index (χ4v) is 1.76. The predicted molar refractivity (Wildman–Crippen MR) is 60.4 cm³/mol. The van der Waals surface area contributed by atoms with Crippen LogP contribution in [0.4, 0.5) is 0 Å². The summed E-state index contributed by atoms with van der Waals surface area (Å²) in [6, 6.07) is 7.81. The van der Waals surface area contributed by atoms with Crippen LogP contribution in [0.15, 0.2) is 30.5 Å². The molecule has 0 bridgehead atoms. The molecule has 0 fully saturated rings. The Morgan fingerprint density at radius 3 is 2.93 bits per heavy atom. The van der Waals surface area contributed by atoms with Crippen LogP contribution in [0.1, 0.15) is 12.0 Å². The third kappa shape index (κ3) is 1.73. The van der Waals surface area contributed by atoms with Crippen molar-refractivity contribution in [1.82, 2.24) is 4.98 Å². The fraction of sp³-hybridized carbons (Fsp3) is 0.167. The van der Waals surface area contributed by atoms with Gasteiger partial charge in [0.15, 0.2) is 0 Å². The van der Waals surface area contributed by atoms with Crippen molar-refractivity contribution in [3.05, 3.63) is 48.0 Å². The lowest BCUT2D eigenvalue weighted by Gasteiger charge is -2.04. The molecule has 1 aromatic heterocycles. The summed E-state index contributed by atoms with van der Waals surface area (Å²) in [5.74, 6) is 0. The molecule has 1 aromatic carbocycles. The second-order valence-electron chi connectivity index (χ2n) is 3.24. The normalized spacial score (nSPS) is 10.7. The molecule has 2 heteroatoms. The molecule has 0 unspecified atom stereocenters. The molecule has 0 aliphatic rings. The molecule has 2 aromatic rings. The topological polar surface area (TPSA) is 12.9 Å². The van der Waals surface area contributed by atoms with Crippen LogP contribution in [0.2, 0.25) is 5.02 Å². The van der Waals surface area contributed by atoms with Gasteiger partial charge in [-0.2, -0.15) is 0 Å². The molecule has 0 saturated heterocycles. The first-order valence-corrected chi connectivity index (χ1v) is 5.01. The van der Waals surface area contributed by atoms with E-state index in [1.54, 1.807) is 0 Å². The van der Waals surface area contributed by atoms with Crippen LogP contribution >= 0.6 is 11.6 Å². The summed E-state index contributed by atoms with van der Waals surface area (Å²) >= 11 is 5.95. The van der Waals surface area contributed by atoms with Crippen molar-refractivity contribution in [2.24, 2.45) is 0 Å². The van der Waals surface area contributed by atoms with Crippen LogP contribution in [-0.2, 0) is 6.42 Å². The summed E-state index contributed by atoms with van der Waals surface area (Å²) in [4.78, 5) is 4.29. The molecule has 0 saturated carbocycles. The third-order valence-corrected chi connectivity index (χ3v) is 2.48. The average molecular weight is 205 g/mol. The first kappa shape index (κ1) is 9.47. The highest BCUT2D eigenvalue weighted by Gasteiger charge is 2.01. The van der Waals surface area contributed by atoms with Crippen molar-refractivity contribution in [3.63, 3.8) is 0 Å². The smallest absolute Gasteiger partial charge is 0.0705 e. The van der Waals surface area contributed by atoms with E-state index < -0.39 is 0 Å². The molecule has 1 heterocycles. The summed E-state index contributed by atoms with van der Waals surface area (Å²) < 4.78 is 0. The van der Waals surface area contributed by atoms with E-state index in [1.807, 2.05) is 30.5 Å². The Kier molecular flexibility index (Phi) is 2.69. The molecule has 0 aliphatic carbocycles. The number of aryl methyl sites for hydroxylation is 1. The van der Waals surface area contributed by atoms with E-state index in [0.717, 1.165) is 28.8 Å². The Bertz CT molecular complexity index is 451. The lowest BCUT2D eigenvalue weighted by molar-refractivity contribution is 1.01. The summed E-state index contributed by atoms with van der Waals surface area (Å²) in [6.45, 7) is 3.86. The van der Waals surface area contributed by atoms with Gasteiger partial charge < -0.3 is 0 Å². The molecule has 0 spiro atoms. The van der Waals surface area contributed by atoms with Gasteiger partial charge in [0, 0.05) is 16.6 Å². The highest BCUT2D eigenvalue weighted by Crippen LogP contribution is 2.21. The fourth-order valence-electron chi connectivity index (χ4n) is 1.58. The molecule has 0 atom stereocenters. The largest absolute Gasteiger partial charge is 0.256 e. The van der Waals surface area contributed by atoms with Gasteiger partial charge in [-0.15, -0.1) is 0 Å². The molecular weight excluding hydrogens is 194 g/mol. The molecule has 2 rings (SSSR count). The van der Waals surface area contributed by atoms with Crippen LogP contribution in [0.25, 0.3) is 10.9 Å². The van der Waals surface area contributed by atoms with Gasteiger partial charge in [0.05, 0.1) is 5.52 Å². The van der Waals surface area contributed by atoms with E-state index in [-0.39, 0.29) is 0 Å². The maximum Gasteiger partial charge on any atom is 0.0705 e. The number of benzene rings is 1. The molecule has 0 aliphatic heterocycles. The SMILES string of the molecule is [CH2]CCc1ccnc2ccc(Cl)cc12. The maximum atomic E-state index is 5.95. The molecule has 1 nitrogen and oxygen atoms in total. The quantitative estimate of drug-likeness (QED) is 0.728. The lowest BCUT2D eigenvalue weighted by atomic mass is 10.1. The van der Waals surface area contributed by atoms with Gasteiger partial charge in [0.1, 0.15) is 0 Å². The highest BCUT2D eigenvalue weighted by molar-refractivity contribution is 6.31. The minimum Gasteiger partial charge on any atom is -0.256 e. The monoisotopic (exact) mass is 204 g/mol. The molecule has 1 radical (unpaired) electrons. The van der Waals surface area contributed by atoms with E-state index in [9.17, 15) is 0 Å². The van der Waals surface area contributed by atoms with Gasteiger partial charge in [-0.25, -0.2) is 0 Å². The number of pyridine rings is 1. The number of hydrogen-bond acceptors (Lipinski definition) is 1. The van der Waals surface area contributed by atoms with Crippen molar-refractivity contribution < 1.29 is 0 Å².